The van der Waals surface area contributed by atoms with Gasteiger partial charge in [0.05, 0.1) is 12.2 Å². The molecule has 1 aliphatic rings. The van der Waals surface area contributed by atoms with Crippen molar-refractivity contribution in [2.75, 3.05) is 33.3 Å². The minimum Gasteiger partial charge on any atom is -0.493 e. The number of hydrogen-bond acceptors (Lipinski definition) is 4. The molecule has 0 atom stereocenters. The first-order chi connectivity index (χ1) is 14.7. The van der Waals surface area contributed by atoms with Gasteiger partial charge < -0.3 is 14.5 Å². The summed E-state index contributed by atoms with van der Waals surface area (Å²) in [5.41, 5.74) is 1.73. The van der Waals surface area contributed by atoms with E-state index in [1.807, 2.05) is 11.0 Å². The van der Waals surface area contributed by atoms with Crippen LogP contribution in [0.1, 0.15) is 66.6 Å². The number of halogens is 1. The van der Waals surface area contributed by atoms with Gasteiger partial charge in [0.25, 0.3) is 11.8 Å². The molecule has 1 aromatic carbocycles. The Hall–Kier alpha value is -2.54. The maximum atomic E-state index is 13.1. The predicted octanol–water partition coefficient (Wildman–Crippen LogP) is 4.14. The molecule has 7 nitrogen and oxygen atoms in total. The number of nitrogens with zero attached hydrogens (tertiary/aromatic N) is 3. The van der Waals surface area contributed by atoms with Crippen molar-refractivity contribution in [2.45, 2.75) is 45.4 Å². The number of nitrogens with one attached hydrogen (secondary N) is 1. The number of hydrogen-bond donors (Lipinski definition) is 1. The number of ether oxygens (including phenoxy) is 1. The number of aromatic nitrogens is 2. The van der Waals surface area contributed by atoms with E-state index in [2.05, 4.69) is 31.0 Å². The zero-order valence-corrected chi connectivity index (χ0v) is 19.5. The van der Waals surface area contributed by atoms with E-state index < -0.39 is 0 Å². The summed E-state index contributed by atoms with van der Waals surface area (Å²) in [5, 5.41) is 7.74. The molecule has 2 amide bonds. The molecular weight excluding hydrogens is 416 g/mol. The first-order valence-corrected chi connectivity index (χ1v) is 11.1. The number of amides is 2. The Morgan fingerprint density at radius 1 is 1.13 bits per heavy atom. The Labute approximate surface area is 188 Å². The van der Waals surface area contributed by atoms with Crippen LogP contribution in [0.4, 0.5) is 0 Å². The maximum Gasteiger partial charge on any atom is 0.274 e. The van der Waals surface area contributed by atoms with Crippen LogP contribution in [0.5, 0.6) is 5.75 Å². The maximum absolute atomic E-state index is 13.1. The van der Waals surface area contributed by atoms with Gasteiger partial charge >= 0.3 is 0 Å². The number of carbonyl (C=O) groups is 2. The van der Waals surface area contributed by atoms with Crippen molar-refractivity contribution in [2.24, 2.45) is 0 Å². The molecular formula is C23H31ClN4O3. The average Bonchev–Trinajstić information content (AvgIpc) is 3.22. The summed E-state index contributed by atoms with van der Waals surface area (Å²) in [5.74, 6) is 0.314. The Morgan fingerprint density at radius 3 is 2.55 bits per heavy atom. The van der Waals surface area contributed by atoms with Gasteiger partial charge in [-0.3, -0.25) is 14.7 Å². The van der Waals surface area contributed by atoms with Gasteiger partial charge in [0.2, 0.25) is 0 Å². The van der Waals surface area contributed by atoms with E-state index >= 15 is 0 Å². The fourth-order valence-electron chi connectivity index (χ4n) is 3.48. The van der Waals surface area contributed by atoms with E-state index in [0.29, 0.717) is 54.7 Å². The lowest BCUT2D eigenvalue weighted by Gasteiger charge is -2.22. The minimum absolute atomic E-state index is 0.0850. The highest BCUT2D eigenvalue weighted by Crippen LogP contribution is 2.25. The van der Waals surface area contributed by atoms with Crippen molar-refractivity contribution in [1.82, 2.24) is 20.0 Å². The first kappa shape index (κ1) is 23.1. The molecule has 31 heavy (non-hydrogen) atoms. The number of carbonyl (C=O) groups excluding carboxylic acids is 2. The molecule has 0 unspecified atom stereocenters. The third-order valence-corrected chi connectivity index (χ3v) is 5.65. The number of rotatable bonds is 1. The summed E-state index contributed by atoms with van der Waals surface area (Å²) < 4.78 is 5.89. The van der Waals surface area contributed by atoms with E-state index in [0.717, 1.165) is 18.5 Å². The van der Waals surface area contributed by atoms with Crippen LogP contribution in [-0.4, -0.2) is 65.1 Å². The summed E-state index contributed by atoms with van der Waals surface area (Å²) in [6.45, 7) is 8.38. The topological polar surface area (TPSA) is 78.5 Å². The molecule has 0 fully saturated rings. The molecule has 2 heterocycles. The fraction of sp³-hybridized carbons (Fsp3) is 0.522. The molecule has 0 saturated carbocycles. The quantitative estimate of drug-likeness (QED) is 0.714. The van der Waals surface area contributed by atoms with Crippen LogP contribution in [0.15, 0.2) is 24.3 Å². The molecule has 0 bridgehead atoms. The van der Waals surface area contributed by atoms with Gasteiger partial charge in [-0.25, -0.2) is 0 Å². The van der Waals surface area contributed by atoms with Crippen molar-refractivity contribution >= 4 is 23.4 Å². The van der Waals surface area contributed by atoms with Crippen molar-refractivity contribution in [3.8, 4) is 5.75 Å². The Morgan fingerprint density at radius 2 is 1.84 bits per heavy atom. The normalized spacial score (nSPS) is 16.6. The molecule has 1 N–H and O–H groups in total. The van der Waals surface area contributed by atoms with Crippen molar-refractivity contribution < 1.29 is 14.3 Å². The van der Waals surface area contributed by atoms with Crippen LogP contribution in [0, 0.1) is 0 Å². The molecule has 8 heteroatoms. The second-order valence-corrected chi connectivity index (χ2v) is 9.42. The largest absolute Gasteiger partial charge is 0.493 e. The second kappa shape index (κ2) is 9.73. The molecule has 0 spiro atoms. The zero-order valence-electron chi connectivity index (χ0n) is 18.7. The van der Waals surface area contributed by atoms with E-state index in [-0.39, 0.29) is 17.2 Å². The Bertz CT molecular complexity index is 935. The van der Waals surface area contributed by atoms with Gasteiger partial charge in [-0.05, 0) is 43.5 Å². The second-order valence-electron chi connectivity index (χ2n) is 8.99. The molecule has 0 radical (unpaired) electrons. The number of fused-ring (bicyclic) bond motifs is 1. The molecule has 0 aliphatic carbocycles. The number of H-pyrrole nitrogens is 1. The highest BCUT2D eigenvalue weighted by Gasteiger charge is 2.23. The summed E-state index contributed by atoms with van der Waals surface area (Å²) in [4.78, 5) is 29.4. The van der Waals surface area contributed by atoms with Crippen LogP contribution < -0.4 is 4.74 Å². The van der Waals surface area contributed by atoms with E-state index in [9.17, 15) is 9.59 Å². The van der Waals surface area contributed by atoms with Crippen LogP contribution in [0.25, 0.3) is 0 Å². The number of aromatic amines is 1. The summed E-state index contributed by atoms with van der Waals surface area (Å²) in [7, 11) is 1.77. The fourth-order valence-corrected chi connectivity index (χ4v) is 3.66. The summed E-state index contributed by atoms with van der Waals surface area (Å²) >= 11 is 6.10. The minimum atomic E-state index is -0.115. The van der Waals surface area contributed by atoms with Gasteiger partial charge in [0.15, 0.2) is 0 Å². The Balaban J connectivity index is 1.75. The molecule has 2 aromatic rings. The third-order valence-electron chi connectivity index (χ3n) is 5.41. The lowest BCUT2D eigenvalue weighted by atomic mass is 9.92. The van der Waals surface area contributed by atoms with Gasteiger partial charge in [-0.15, -0.1) is 0 Å². The number of benzene rings is 1. The van der Waals surface area contributed by atoms with Gasteiger partial charge in [-0.2, -0.15) is 5.10 Å². The highest BCUT2D eigenvalue weighted by atomic mass is 35.5. The van der Waals surface area contributed by atoms with Crippen molar-refractivity contribution in [3.05, 3.63) is 46.2 Å². The van der Waals surface area contributed by atoms with Gasteiger partial charge in [-0.1, -0.05) is 32.4 Å². The lowest BCUT2D eigenvalue weighted by molar-refractivity contribution is 0.0730. The standard InChI is InChI=1S/C23H31ClN4O3/c1-23(2,3)20-15-18(25-26-20)22(30)28-11-6-5-10-27(4)21(29)17-14-16(24)8-9-19(17)31-13-7-12-28/h8-9,14-15H,5-7,10-13H2,1-4H3,(H,25,26). The SMILES string of the molecule is CN1CCCCN(C(=O)c2cc(C(C)(C)C)[nH]n2)CCCOc2ccc(Cl)cc2C1=O. The van der Waals surface area contributed by atoms with E-state index in [4.69, 9.17) is 16.3 Å². The van der Waals surface area contributed by atoms with Crippen LogP contribution in [0.3, 0.4) is 0 Å². The molecule has 1 aromatic heterocycles. The molecule has 168 valence electrons. The van der Waals surface area contributed by atoms with Crippen molar-refractivity contribution in [1.29, 1.82) is 0 Å². The molecule has 1 aliphatic heterocycles. The summed E-state index contributed by atoms with van der Waals surface area (Å²) in [6, 6.07) is 6.93. The van der Waals surface area contributed by atoms with E-state index in [1.165, 1.54) is 0 Å². The van der Waals surface area contributed by atoms with E-state index in [1.54, 1.807) is 30.1 Å². The predicted molar refractivity (Wildman–Crippen MR) is 121 cm³/mol. The monoisotopic (exact) mass is 446 g/mol. The zero-order chi connectivity index (χ0) is 22.6. The third kappa shape index (κ3) is 5.79. The van der Waals surface area contributed by atoms with Crippen molar-refractivity contribution in [3.63, 3.8) is 0 Å². The molecule has 0 saturated heterocycles. The van der Waals surface area contributed by atoms with Crippen LogP contribution >= 0.6 is 11.6 Å². The van der Waals surface area contributed by atoms with Crippen LogP contribution in [0.2, 0.25) is 5.02 Å². The highest BCUT2D eigenvalue weighted by molar-refractivity contribution is 6.31. The first-order valence-electron chi connectivity index (χ1n) is 10.7. The van der Waals surface area contributed by atoms with Gasteiger partial charge in [0.1, 0.15) is 11.4 Å². The Kier molecular flexibility index (Phi) is 7.26. The van der Waals surface area contributed by atoms with Gasteiger partial charge in [0, 0.05) is 42.8 Å². The molecule has 3 rings (SSSR count). The smallest absolute Gasteiger partial charge is 0.274 e. The average molecular weight is 447 g/mol. The summed E-state index contributed by atoms with van der Waals surface area (Å²) in [6.07, 6.45) is 2.23. The lowest BCUT2D eigenvalue weighted by Crippen LogP contribution is -2.34. The van der Waals surface area contributed by atoms with Crippen LogP contribution in [-0.2, 0) is 5.41 Å².